The summed E-state index contributed by atoms with van der Waals surface area (Å²) in [7, 11) is 1.26. The maximum Gasteiger partial charge on any atom is 0.411 e. The Labute approximate surface area is 253 Å². The van der Waals surface area contributed by atoms with Crippen LogP contribution in [0.4, 0.5) is 26.2 Å². The van der Waals surface area contributed by atoms with Crippen LogP contribution in [0, 0.1) is 11.7 Å². The van der Waals surface area contributed by atoms with Crippen molar-refractivity contribution in [3.8, 4) is 11.3 Å². The Kier molecular flexibility index (Phi) is 10.1. The summed E-state index contributed by atoms with van der Waals surface area (Å²) in [5.41, 5.74) is 8.19. The maximum atomic E-state index is 14.4. The summed E-state index contributed by atoms with van der Waals surface area (Å²) >= 11 is 5.88. The molecular formula is C30H33ClFN7O4. The number of rotatable bonds is 5. The molecule has 2 unspecified atom stereocenters. The van der Waals surface area contributed by atoms with Gasteiger partial charge in [0.15, 0.2) is 5.82 Å². The fourth-order valence-corrected chi connectivity index (χ4v) is 4.93. The Morgan fingerprint density at radius 2 is 2.05 bits per heavy atom. The van der Waals surface area contributed by atoms with Crippen molar-refractivity contribution in [2.45, 2.75) is 45.6 Å². The second kappa shape index (κ2) is 14.0. The Hall–Kier alpha value is -4.71. The number of benzene rings is 2. The van der Waals surface area contributed by atoms with Gasteiger partial charge in [0.2, 0.25) is 5.91 Å². The van der Waals surface area contributed by atoms with E-state index in [1.165, 1.54) is 19.2 Å². The fraction of sp³-hybridized carbons (Fsp3) is 0.300. The molecule has 6 N–H and O–H groups in total. The van der Waals surface area contributed by atoms with Gasteiger partial charge in [-0.3, -0.25) is 14.9 Å². The van der Waals surface area contributed by atoms with Gasteiger partial charge in [0, 0.05) is 23.9 Å². The first-order valence-corrected chi connectivity index (χ1v) is 14.0. The SMILES string of the molecule is COC(=O)Nc1ccc2c(c1)NC(=O)CC(C)CCCC(NC(=O)C(=CN)C(C)=Nc1cccc(Cl)c1F)c1ncc-2[nH]1. The van der Waals surface area contributed by atoms with Crippen LogP contribution in [0.3, 0.4) is 0 Å². The topological polar surface area (TPSA) is 164 Å². The van der Waals surface area contributed by atoms with E-state index in [4.69, 9.17) is 17.3 Å². The number of imidazole rings is 1. The number of hydrogen-bond donors (Lipinski definition) is 5. The minimum Gasteiger partial charge on any atom is -0.453 e. The summed E-state index contributed by atoms with van der Waals surface area (Å²) in [6, 6.07) is 8.92. The summed E-state index contributed by atoms with van der Waals surface area (Å²) in [6.45, 7) is 3.54. The molecule has 2 aromatic carbocycles. The Balaban J connectivity index is 1.64. The van der Waals surface area contributed by atoms with Crippen LogP contribution in [-0.4, -0.2) is 40.7 Å². The normalized spacial score (nSPS) is 17.8. The van der Waals surface area contributed by atoms with E-state index in [0.29, 0.717) is 41.3 Å². The lowest BCUT2D eigenvalue weighted by Crippen LogP contribution is -2.33. The Morgan fingerprint density at radius 3 is 2.79 bits per heavy atom. The molecule has 2 bridgehead atoms. The van der Waals surface area contributed by atoms with Gasteiger partial charge in [0.1, 0.15) is 11.5 Å². The van der Waals surface area contributed by atoms with E-state index in [1.807, 2.05) is 6.92 Å². The van der Waals surface area contributed by atoms with E-state index in [0.717, 1.165) is 12.6 Å². The predicted molar refractivity (Wildman–Crippen MR) is 164 cm³/mol. The summed E-state index contributed by atoms with van der Waals surface area (Å²) in [6.07, 6.45) is 4.31. The average Bonchev–Trinajstić information content (AvgIpc) is 3.45. The third-order valence-corrected chi connectivity index (χ3v) is 7.28. The molecule has 0 spiro atoms. The molecule has 2 atom stereocenters. The van der Waals surface area contributed by atoms with E-state index < -0.39 is 23.9 Å². The van der Waals surface area contributed by atoms with E-state index >= 15 is 0 Å². The number of nitrogens with zero attached hydrogens (tertiary/aromatic N) is 2. The lowest BCUT2D eigenvalue weighted by molar-refractivity contribution is -0.118. The lowest BCUT2D eigenvalue weighted by Gasteiger charge is -2.19. The van der Waals surface area contributed by atoms with Crippen LogP contribution in [0.5, 0.6) is 0 Å². The molecule has 3 aromatic rings. The van der Waals surface area contributed by atoms with Gasteiger partial charge in [-0.25, -0.2) is 19.2 Å². The van der Waals surface area contributed by atoms with Crippen LogP contribution in [-0.2, 0) is 14.3 Å². The number of carbonyl (C=O) groups excluding carboxylic acids is 3. The number of anilines is 2. The fourth-order valence-electron chi connectivity index (χ4n) is 4.76. The van der Waals surface area contributed by atoms with Crippen molar-refractivity contribution < 1.29 is 23.5 Å². The van der Waals surface area contributed by atoms with Gasteiger partial charge in [0.25, 0.3) is 5.91 Å². The Morgan fingerprint density at radius 1 is 1.26 bits per heavy atom. The standard InChI is InChI=1S/C30H33ClFN7O4/c1-16-6-4-9-23(39-29(41)20(14-33)17(2)35-22-8-5-7-21(31)27(22)32)28-34-15-25(38-28)19-11-10-18(36-30(42)43-3)13-24(19)37-26(40)12-16/h5,7-8,10-11,13-16,23H,4,6,9,12,33H2,1-3H3,(H,34,38)(H,36,42)(H,37,40)(H,39,41). The molecule has 0 aliphatic carbocycles. The third-order valence-electron chi connectivity index (χ3n) is 6.99. The zero-order chi connectivity index (χ0) is 31.1. The number of carbonyl (C=O) groups is 3. The monoisotopic (exact) mass is 609 g/mol. The average molecular weight is 610 g/mol. The zero-order valence-electron chi connectivity index (χ0n) is 24.0. The second-order valence-corrected chi connectivity index (χ2v) is 10.6. The van der Waals surface area contributed by atoms with E-state index in [2.05, 4.69) is 35.6 Å². The minimum absolute atomic E-state index is 0.0179. The van der Waals surface area contributed by atoms with Crippen LogP contribution >= 0.6 is 11.6 Å². The van der Waals surface area contributed by atoms with E-state index in [9.17, 15) is 18.8 Å². The van der Waals surface area contributed by atoms with Gasteiger partial charge < -0.3 is 26.1 Å². The van der Waals surface area contributed by atoms with Crippen molar-refractivity contribution in [3.63, 3.8) is 0 Å². The van der Waals surface area contributed by atoms with Crippen LogP contribution in [0.25, 0.3) is 11.3 Å². The molecule has 0 saturated carbocycles. The third kappa shape index (κ3) is 7.77. The van der Waals surface area contributed by atoms with Crippen LogP contribution in [0.1, 0.15) is 51.4 Å². The largest absolute Gasteiger partial charge is 0.453 e. The van der Waals surface area contributed by atoms with Gasteiger partial charge in [-0.2, -0.15) is 0 Å². The smallest absolute Gasteiger partial charge is 0.411 e. The number of nitrogens with two attached hydrogens (primary N) is 1. The Bertz CT molecular complexity index is 1590. The molecule has 43 heavy (non-hydrogen) atoms. The van der Waals surface area contributed by atoms with Crippen molar-refractivity contribution in [2.75, 3.05) is 17.7 Å². The summed E-state index contributed by atoms with van der Waals surface area (Å²) in [5, 5.41) is 8.45. The molecule has 4 rings (SSSR count). The molecule has 3 amide bonds. The highest BCUT2D eigenvalue weighted by Gasteiger charge is 2.24. The number of fused-ring (bicyclic) bond motifs is 4. The van der Waals surface area contributed by atoms with E-state index in [-0.39, 0.29) is 40.2 Å². The number of halogens is 2. The predicted octanol–water partition coefficient (Wildman–Crippen LogP) is 5.99. The van der Waals surface area contributed by atoms with E-state index in [1.54, 1.807) is 37.4 Å². The second-order valence-electron chi connectivity index (χ2n) is 10.2. The van der Waals surface area contributed by atoms with Gasteiger partial charge in [-0.1, -0.05) is 37.4 Å². The molecular weight excluding hydrogens is 577 g/mol. The molecule has 13 heteroatoms. The molecule has 0 fully saturated rings. The van der Waals surface area contributed by atoms with Crippen LogP contribution in [0.2, 0.25) is 5.02 Å². The summed E-state index contributed by atoms with van der Waals surface area (Å²) in [5.74, 6) is -0.825. The van der Waals surface area contributed by atoms with Gasteiger partial charge in [-0.05, 0) is 49.6 Å². The highest BCUT2D eigenvalue weighted by molar-refractivity contribution is 6.31. The molecule has 1 aromatic heterocycles. The van der Waals surface area contributed by atoms with Gasteiger partial charge in [0.05, 0.1) is 47.0 Å². The van der Waals surface area contributed by atoms with Gasteiger partial charge in [-0.15, -0.1) is 0 Å². The first-order chi connectivity index (χ1) is 20.6. The number of hydrogen-bond acceptors (Lipinski definition) is 7. The zero-order valence-corrected chi connectivity index (χ0v) is 24.7. The van der Waals surface area contributed by atoms with Crippen molar-refractivity contribution >= 4 is 52.3 Å². The number of aliphatic imine (C=N–C) groups is 1. The van der Waals surface area contributed by atoms with Crippen molar-refractivity contribution in [1.29, 1.82) is 0 Å². The molecule has 226 valence electrons. The summed E-state index contributed by atoms with van der Waals surface area (Å²) in [4.78, 5) is 50.1. The van der Waals surface area contributed by atoms with Gasteiger partial charge >= 0.3 is 6.09 Å². The number of H-pyrrole nitrogens is 1. The molecule has 1 aliphatic heterocycles. The number of nitrogens with one attached hydrogen (secondary N) is 4. The molecule has 1 aliphatic rings. The summed E-state index contributed by atoms with van der Waals surface area (Å²) < 4.78 is 19.1. The highest BCUT2D eigenvalue weighted by Crippen LogP contribution is 2.33. The maximum absolute atomic E-state index is 14.4. The first-order valence-electron chi connectivity index (χ1n) is 13.7. The molecule has 2 heterocycles. The number of amides is 3. The number of aromatic amines is 1. The number of methoxy groups -OCH3 is 1. The number of ether oxygens (including phenoxy) is 1. The highest BCUT2D eigenvalue weighted by atomic mass is 35.5. The van der Waals surface area contributed by atoms with Crippen LogP contribution < -0.4 is 21.7 Å². The van der Waals surface area contributed by atoms with Crippen molar-refractivity contribution in [1.82, 2.24) is 15.3 Å². The minimum atomic E-state index is -0.700. The lowest BCUT2D eigenvalue weighted by atomic mass is 9.97. The van der Waals surface area contributed by atoms with Crippen LogP contribution in [0.15, 0.2) is 59.4 Å². The molecule has 0 saturated heterocycles. The van der Waals surface area contributed by atoms with Crippen molar-refractivity contribution in [2.24, 2.45) is 16.6 Å². The number of aromatic nitrogens is 2. The molecule has 11 nitrogen and oxygen atoms in total. The van der Waals surface area contributed by atoms with Crippen molar-refractivity contribution in [3.05, 3.63) is 71.0 Å². The first kappa shape index (κ1) is 31.2. The molecule has 0 radical (unpaired) electrons. The quantitative estimate of drug-likeness (QED) is 0.176.